The molecule has 1 saturated carbocycles. The molecule has 1 fully saturated rings. The quantitative estimate of drug-likeness (QED) is 0.793. The first kappa shape index (κ1) is 14.4. The summed E-state index contributed by atoms with van der Waals surface area (Å²) in [7, 11) is 0. The Kier molecular flexibility index (Phi) is 4.50. The average molecular weight is 271 g/mol. The summed E-state index contributed by atoms with van der Waals surface area (Å²) >= 11 is 0. The maximum atomic E-state index is 13.5. The van der Waals surface area contributed by atoms with E-state index in [1.54, 1.807) is 0 Å². The van der Waals surface area contributed by atoms with Crippen LogP contribution < -0.4 is 5.32 Å². The number of nitrogens with one attached hydrogen (secondary N) is 1. The van der Waals surface area contributed by atoms with Crippen LogP contribution in [0.2, 0.25) is 0 Å². The molecular formula is C15H20F3N. The largest absolute Gasteiger partial charge is 0.312 e. The molecule has 0 aliphatic heterocycles. The van der Waals surface area contributed by atoms with Gasteiger partial charge >= 0.3 is 0 Å². The molecule has 1 N–H and O–H groups in total. The summed E-state index contributed by atoms with van der Waals surface area (Å²) in [5.74, 6) is -2.82. The van der Waals surface area contributed by atoms with Crippen molar-refractivity contribution in [2.45, 2.75) is 45.6 Å². The van der Waals surface area contributed by atoms with E-state index in [-0.39, 0.29) is 12.1 Å². The van der Waals surface area contributed by atoms with Crippen molar-refractivity contribution in [1.82, 2.24) is 5.32 Å². The molecule has 0 spiro atoms. The summed E-state index contributed by atoms with van der Waals surface area (Å²) in [5, 5.41) is 3.19. The van der Waals surface area contributed by atoms with Gasteiger partial charge in [-0.2, -0.15) is 0 Å². The van der Waals surface area contributed by atoms with Gasteiger partial charge in [-0.3, -0.25) is 0 Å². The molecule has 2 rings (SSSR count). The fraction of sp³-hybridized carbons (Fsp3) is 0.600. The maximum absolute atomic E-state index is 13.5. The third-order valence-electron chi connectivity index (χ3n) is 4.32. The molecule has 0 radical (unpaired) electrons. The van der Waals surface area contributed by atoms with Crippen molar-refractivity contribution in [2.24, 2.45) is 5.41 Å². The highest BCUT2D eigenvalue weighted by Crippen LogP contribution is 2.40. The zero-order valence-electron chi connectivity index (χ0n) is 11.2. The lowest BCUT2D eigenvalue weighted by molar-refractivity contribution is 0.267. The molecule has 4 heteroatoms. The normalized spacial score (nSPS) is 17.9. The fourth-order valence-electron chi connectivity index (χ4n) is 2.94. The van der Waals surface area contributed by atoms with Gasteiger partial charge in [0.1, 0.15) is 5.82 Å². The zero-order chi connectivity index (χ0) is 13.9. The first-order valence-electron chi connectivity index (χ1n) is 6.90. The molecule has 1 aliphatic carbocycles. The van der Waals surface area contributed by atoms with Crippen LogP contribution in [-0.2, 0) is 6.54 Å². The second kappa shape index (κ2) is 5.95. The van der Waals surface area contributed by atoms with E-state index in [0.29, 0.717) is 11.5 Å². The van der Waals surface area contributed by atoms with Crippen LogP contribution in [-0.4, -0.2) is 6.54 Å². The van der Waals surface area contributed by atoms with Gasteiger partial charge in [0.15, 0.2) is 11.6 Å². The standard InChI is InChI=1S/C15H20F3N/c1-2-15(5-3-4-6-15)10-19-9-11-7-13(17)14(18)8-12(11)16/h7-8,19H,2-6,9-10H2,1H3. The van der Waals surface area contributed by atoms with E-state index >= 15 is 0 Å². The summed E-state index contributed by atoms with van der Waals surface area (Å²) in [5.41, 5.74) is 0.484. The minimum Gasteiger partial charge on any atom is -0.312 e. The summed E-state index contributed by atoms with van der Waals surface area (Å²) in [6.07, 6.45) is 5.97. The zero-order valence-corrected chi connectivity index (χ0v) is 11.2. The Bertz CT molecular complexity index is 439. The van der Waals surface area contributed by atoms with Gasteiger partial charge in [0.25, 0.3) is 0 Å². The van der Waals surface area contributed by atoms with Gasteiger partial charge in [0, 0.05) is 24.7 Å². The van der Waals surface area contributed by atoms with Crippen LogP contribution in [0.25, 0.3) is 0 Å². The summed E-state index contributed by atoms with van der Waals surface area (Å²) in [4.78, 5) is 0. The lowest BCUT2D eigenvalue weighted by Crippen LogP contribution is -2.31. The van der Waals surface area contributed by atoms with E-state index < -0.39 is 17.5 Å². The molecule has 106 valence electrons. The van der Waals surface area contributed by atoms with Crippen LogP contribution in [0.1, 0.15) is 44.6 Å². The first-order chi connectivity index (χ1) is 9.06. The molecule has 1 aromatic carbocycles. The predicted octanol–water partition coefficient (Wildman–Crippen LogP) is 4.16. The van der Waals surface area contributed by atoms with Crippen molar-refractivity contribution in [3.8, 4) is 0 Å². The Hall–Kier alpha value is -1.03. The molecule has 0 amide bonds. The van der Waals surface area contributed by atoms with Crippen LogP contribution in [0.3, 0.4) is 0 Å². The second-order valence-electron chi connectivity index (χ2n) is 5.52. The maximum Gasteiger partial charge on any atom is 0.161 e. The van der Waals surface area contributed by atoms with Crippen LogP contribution in [0, 0.1) is 22.9 Å². The Morgan fingerprint density at radius 2 is 1.68 bits per heavy atom. The van der Waals surface area contributed by atoms with Crippen LogP contribution >= 0.6 is 0 Å². The third kappa shape index (κ3) is 3.30. The molecule has 1 aromatic rings. The minimum absolute atomic E-state index is 0.183. The summed E-state index contributed by atoms with van der Waals surface area (Å²) in [6.45, 7) is 3.22. The van der Waals surface area contributed by atoms with Crippen LogP contribution in [0.5, 0.6) is 0 Å². The van der Waals surface area contributed by atoms with Crippen molar-refractivity contribution >= 4 is 0 Å². The Morgan fingerprint density at radius 1 is 1.05 bits per heavy atom. The van der Waals surface area contributed by atoms with E-state index in [4.69, 9.17) is 0 Å². The van der Waals surface area contributed by atoms with Crippen molar-refractivity contribution < 1.29 is 13.2 Å². The lowest BCUT2D eigenvalue weighted by atomic mass is 9.83. The van der Waals surface area contributed by atoms with Crippen molar-refractivity contribution in [3.05, 3.63) is 35.1 Å². The van der Waals surface area contributed by atoms with E-state index in [2.05, 4.69) is 12.2 Å². The average Bonchev–Trinajstić information content (AvgIpc) is 2.85. The monoisotopic (exact) mass is 271 g/mol. The van der Waals surface area contributed by atoms with Gasteiger partial charge in [-0.05, 0) is 30.7 Å². The predicted molar refractivity (Wildman–Crippen MR) is 69.2 cm³/mol. The molecule has 19 heavy (non-hydrogen) atoms. The molecule has 0 atom stereocenters. The Balaban J connectivity index is 1.94. The summed E-state index contributed by atoms with van der Waals surface area (Å²) < 4.78 is 39.3. The molecule has 0 heterocycles. The van der Waals surface area contributed by atoms with Gasteiger partial charge in [-0.25, -0.2) is 13.2 Å². The molecule has 0 bridgehead atoms. The lowest BCUT2D eigenvalue weighted by Gasteiger charge is -2.27. The van der Waals surface area contributed by atoms with Gasteiger partial charge in [0.2, 0.25) is 0 Å². The number of hydrogen-bond acceptors (Lipinski definition) is 1. The van der Waals surface area contributed by atoms with Gasteiger partial charge in [-0.1, -0.05) is 19.8 Å². The molecule has 0 unspecified atom stereocenters. The van der Waals surface area contributed by atoms with E-state index in [0.717, 1.165) is 19.0 Å². The Labute approximate surface area is 112 Å². The Morgan fingerprint density at radius 3 is 2.32 bits per heavy atom. The second-order valence-corrected chi connectivity index (χ2v) is 5.52. The van der Waals surface area contributed by atoms with Crippen molar-refractivity contribution in [1.29, 1.82) is 0 Å². The van der Waals surface area contributed by atoms with E-state index in [1.807, 2.05) is 0 Å². The van der Waals surface area contributed by atoms with Crippen molar-refractivity contribution in [2.75, 3.05) is 6.54 Å². The highest BCUT2D eigenvalue weighted by Gasteiger charge is 2.31. The van der Waals surface area contributed by atoms with Crippen molar-refractivity contribution in [3.63, 3.8) is 0 Å². The minimum atomic E-state index is -1.14. The molecule has 0 saturated heterocycles. The third-order valence-corrected chi connectivity index (χ3v) is 4.32. The SMILES string of the molecule is CCC1(CNCc2cc(F)c(F)cc2F)CCCC1. The number of rotatable bonds is 5. The highest BCUT2D eigenvalue weighted by atomic mass is 19.2. The first-order valence-corrected chi connectivity index (χ1v) is 6.90. The van der Waals surface area contributed by atoms with Gasteiger partial charge in [-0.15, -0.1) is 0 Å². The number of benzene rings is 1. The molecular weight excluding hydrogens is 251 g/mol. The summed E-state index contributed by atoms with van der Waals surface area (Å²) in [6, 6.07) is 1.54. The molecule has 0 aromatic heterocycles. The highest BCUT2D eigenvalue weighted by molar-refractivity contribution is 5.19. The number of hydrogen-bond donors (Lipinski definition) is 1. The van der Waals surface area contributed by atoms with E-state index in [9.17, 15) is 13.2 Å². The van der Waals surface area contributed by atoms with Gasteiger partial charge < -0.3 is 5.32 Å². The number of halogens is 3. The molecule has 1 aliphatic rings. The molecule has 1 nitrogen and oxygen atoms in total. The van der Waals surface area contributed by atoms with Gasteiger partial charge in [0.05, 0.1) is 0 Å². The fourth-order valence-corrected chi connectivity index (χ4v) is 2.94. The topological polar surface area (TPSA) is 12.0 Å². The van der Waals surface area contributed by atoms with Crippen LogP contribution in [0.15, 0.2) is 12.1 Å². The van der Waals surface area contributed by atoms with Crippen LogP contribution in [0.4, 0.5) is 13.2 Å². The van der Waals surface area contributed by atoms with E-state index in [1.165, 1.54) is 25.7 Å². The smallest absolute Gasteiger partial charge is 0.161 e.